The van der Waals surface area contributed by atoms with Crippen molar-refractivity contribution in [1.82, 2.24) is 4.90 Å². The van der Waals surface area contributed by atoms with Crippen molar-refractivity contribution in [3.8, 4) is 0 Å². The Morgan fingerprint density at radius 3 is 2.23 bits per heavy atom. The Labute approximate surface area is 178 Å². The number of hydrogen-bond acceptors (Lipinski definition) is 2. The standard InChI is InChI=1S/C23H24F3N3O2/c24-23(25,26)18-7-5-16(6-8-18)15-28-13-2-14-29(22(28)31)20-11-9-19(10-12-20)27-21(30)17-3-1-4-17/h5-12,17H,1-4,13-15H2,(H,27,30). The molecule has 1 N–H and O–H groups in total. The first-order valence-electron chi connectivity index (χ1n) is 10.4. The molecular weight excluding hydrogens is 407 g/mol. The molecule has 2 aromatic carbocycles. The molecule has 164 valence electrons. The van der Waals surface area contributed by atoms with Gasteiger partial charge in [-0.25, -0.2) is 4.79 Å². The van der Waals surface area contributed by atoms with Crippen LogP contribution < -0.4 is 10.2 Å². The van der Waals surface area contributed by atoms with Crippen LogP contribution in [0.3, 0.4) is 0 Å². The van der Waals surface area contributed by atoms with Crippen molar-refractivity contribution in [3.05, 3.63) is 59.7 Å². The lowest BCUT2D eigenvalue weighted by atomic mass is 9.85. The van der Waals surface area contributed by atoms with E-state index in [2.05, 4.69) is 5.32 Å². The number of nitrogens with one attached hydrogen (secondary N) is 1. The van der Waals surface area contributed by atoms with Gasteiger partial charge in [0.15, 0.2) is 0 Å². The highest BCUT2D eigenvalue weighted by Crippen LogP contribution is 2.30. The SMILES string of the molecule is O=C(Nc1ccc(N2CCCN(Cc3ccc(C(F)(F)F)cc3)C2=O)cc1)C1CCC1. The molecule has 2 aliphatic rings. The molecule has 1 heterocycles. The third-order valence-corrected chi connectivity index (χ3v) is 5.89. The zero-order chi connectivity index (χ0) is 22.0. The van der Waals surface area contributed by atoms with Crippen molar-refractivity contribution in [1.29, 1.82) is 0 Å². The highest BCUT2D eigenvalue weighted by Gasteiger charge is 2.31. The van der Waals surface area contributed by atoms with E-state index >= 15 is 0 Å². The fraction of sp³-hybridized carbons (Fsp3) is 0.391. The fourth-order valence-corrected chi connectivity index (χ4v) is 3.83. The van der Waals surface area contributed by atoms with E-state index < -0.39 is 11.7 Å². The maximum Gasteiger partial charge on any atom is 0.416 e. The molecule has 4 rings (SSSR count). The summed E-state index contributed by atoms with van der Waals surface area (Å²) in [6.07, 6.45) is -0.661. The van der Waals surface area contributed by atoms with Gasteiger partial charge in [0.1, 0.15) is 0 Å². The molecule has 2 aromatic rings. The molecule has 0 unspecified atom stereocenters. The number of halogens is 3. The van der Waals surface area contributed by atoms with Crippen LogP contribution in [0.25, 0.3) is 0 Å². The van der Waals surface area contributed by atoms with Crippen molar-refractivity contribution in [2.75, 3.05) is 23.3 Å². The van der Waals surface area contributed by atoms with Gasteiger partial charge < -0.3 is 10.2 Å². The molecule has 3 amide bonds. The maximum atomic E-state index is 13.0. The number of carbonyl (C=O) groups excluding carboxylic acids is 2. The van der Waals surface area contributed by atoms with Crippen LogP contribution in [0.15, 0.2) is 48.5 Å². The number of amides is 3. The summed E-state index contributed by atoms with van der Waals surface area (Å²) in [7, 11) is 0. The molecule has 1 aliphatic heterocycles. The first-order chi connectivity index (χ1) is 14.8. The number of alkyl halides is 3. The summed E-state index contributed by atoms with van der Waals surface area (Å²) in [6.45, 7) is 1.37. The van der Waals surface area contributed by atoms with E-state index in [-0.39, 0.29) is 24.4 Å². The molecule has 0 spiro atoms. The second-order valence-electron chi connectivity index (χ2n) is 8.07. The van der Waals surface area contributed by atoms with Crippen LogP contribution in [0.5, 0.6) is 0 Å². The molecule has 8 heteroatoms. The quantitative estimate of drug-likeness (QED) is 0.701. The molecule has 5 nitrogen and oxygen atoms in total. The van der Waals surface area contributed by atoms with Crippen LogP contribution in [-0.4, -0.2) is 29.9 Å². The molecule has 1 saturated heterocycles. The Balaban J connectivity index is 1.39. The minimum absolute atomic E-state index is 0.0377. The predicted octanol–water partition coefficient (Wildman–Crippen LogP) is 5.28. The van der Waals surface area contributed by atoms with E-state index in [0.29, 0.717) is 24.3 Å². The van der Waals surface area contributed by atoms with Crippen LogP contribution in [0, 0.1) is 5.92 Å². The van der Waals surface area contributed by atoms with Gasteiger partial charge in [0.05, 0.1) is 5.56 Å². The maximum absolute atomic E-state index is 13.0. The average molecular weight is 431 g/mol. The summed E-state index contributed by atoms with van der Waals surface area (Å²) in [5.74, 6) is 0.137. The van der Waals surface area contributed by atoms with Gasteiger partial charge in [0, 0.05) is 36.9 Å². The lowest BCUT2D eigenvalue weighted by Gasteiger charge is -2.35. The van der Waals surface area contributed by atoms with Gasteiger partial charge in [-0.05, 0) is 61.2 Å². The second kappa shape index (κ2) is 8.61. The Morgan fingerprint density at radius 1 is 0.968 bits per heavy atom. The third kappa shape index (κ3) is 4.84. The number of carbonyl (C=O) groups is 2. The van der Waals surface area contributed by atoms with E-state index in [0.717, 1.165) is 43.5 Å². The zero-order valence-corrected chi connectivity index (χ0v) is 17.0. The van der Waals surface area contributed by atoms with E-state index in [1.165, 1.54) is 12.1 Å². The summed E-state index contributed by atoms with van der Waals surface area (Å²) in [6, 6.07) is 11.9. The minimum atomic E-state index is -4.38. The van der Waals surface area contributed by atoms with Gasteiger partial charge in [-0.3, -0.25) is 9.69 Å². The molecule has 0 radical (unpaired) electrons. The summed E-state index contributed by atoms with van der Waals surface area (Å²) >= 11 is 0. The number of urea groups is 1. The molecule has 31 heavy (non-hydrogen) atoms. The average Bonchev–Trinajstić information content (AvgIpc) is 2.69. The van der Waals surface area contributed by atoms with E-state index in [9.17, 15) is 22.8 Å². The number of nitrogens with zero attached hydrogens (tertiary/aromatic N) is 2. The summed E-state index contributed by atoms with van der Waals surface area (Å²) in [4.78, 5) is 28.3. The molecular formula is C23H24F3N3O2. The van der Waals surface area contributed by atoms with Crippen LogP contribution in [0.1, 0.15) is 36.8 Å². The van der Waals surface area contributed by atoms with Gasteiger partial charge >= 0.3 is 12.2 Å². The number of benzene rings is 2. The highest BCUT2D eigenvalue weighted by molar-refractivity contribution is 5.95. The fourth-order valence-electron chi connectivity index (χ4n) is 3.83. The smallest absolute Gasteiger partial charge is 0.326 e. The lowest BCUT2D eigenvalue weighted by molar-refractivity contribution is -0.137. The van der Waals surface area contributed by atoms with Crippen LogP contribution in [0.4, 0.5) is 29.3 Å². The number of hydrogen-bond donors (Lipinski definition) is 1. The summed E-state index contributed by atoms with van der Waals surface area (Å²) in [5.41, 5.74) is 1.38. The highest BCUT2D eigenvalue weighted by atomic mass is 19.4. The molecule has 0 atom stereocenters. The molecule has 0 bridgehead atoms. The van der Waals surface area contributed by atoms with Gasteiger partial charge in [-0.15, -0.1) is 0 Å². The number of anilines is 2. The third-order valence-electron chi connectivity index (χ3n) is 5.89. The first kappa shape index (κ1) is 21.2. The van der Waals surface area contributed by atoms with Crippen molar-refractivity contribution in [3.63, 3.8) is 0 Å². The normalized spacial score (nSPS) is 17.5. The molecule has 1 saturated carbocycles. The van der Waals surface area contributed by atoms with Gasteiger partial charge in [0.25, 0.3) is 0 Å². The van der Waals surface area contributed by atoms with Crippen molar-refractivity contribution >= 4 is 23.3 Å². The monoisotopic (exact) mass is 431 g/mol. The van der Waals surface area contributed by atoms with Crippen LogP contribution in [0.2, 0.25) is 0 Å². The Bertz CT molecular complexity index is 938. The zero-order valence-electron chi connectivity index (χ0n) is 17.0. The van der Waals surface area contributed by atoms with Crippen molar-refractivity contribution in [2.45, 2.75) is 38.4 Å². The topological polar surface area (TPSA) is 52.7 Å². The second-order valence-corrected chi connectivity index (χ2v) is 8.07. The van der Waals surface area contributed by atoms with Gasteiger partial charge in [-0.2, -0.15) is 13.2 Å². The summed E-state index contributed by atoms with van der Waals surface area (Å²) < 4.78 is 38.2. The van der Waals surface area contributed by atoms with Crippen molar-refractivity contribution < 1.29 is 22.8 Å². The molecule has 0 aromatic heterocycles. The Morgan fingerprint density at radius 2 is 1.65 bits per heavy atom. The molecule has 2 fully saturated rings. The van der Waals surface area contributed by atoms with Crippen LogP contribution in [-0.2, 0) is 17.5 Å². The minimum Gasteiger partial charge on any atom is -0.326 e. The predicted molar refractivity (Wildman–Crippen MR) is 112 cm³/mol. The van der Waals surface area contributed by atoms with E-state index in [1.54, 1.807) is 34.1 Å². The van der Waals surface area contributed by atoms with E-state index in [4.69, 9.17) is 0 Å². The van der Waals surface area contributed by atoms with Crippen molar-refractivity contribution in [2.24, 2.45) is 5.92 Å². The first-order valence-corrected chi connectivity index (χ1v) is 10.4. The molecule has 1 aliphatic carbocycles. The largest absolute Gasteiger partial charge is 0.416 e. The van der Waals surface area contributed by atoms with Gasteiger partial charge in [-0.1, -0.05) is 18.6 Å². The van der Waals surface area contributed by atoms with E-state index in [1.807, 2.05) is 0 Å². The van der Waals surface area contributed by atoms with Gasteiger partial charge in [0.2, 0.25) is 5.91 Å². The number of rotatable bonds is 5. The Kier molecular flexibility index (Phi) is 5.89. The lowest BCUT2D eigenvalue weighted by Crippen LogP contribution is -2.49. The van der Waals surface area contributed by atoms with Crippen LogP contribution >= 0.6 is 0 Å². The summed E-state index contributed by atoms with van der Waals surface area (Å²) in [5, 5.41) is 2.91. The Hall–Kier alpha value is -3.03.